The van der Waals surface area contributed by atoms with Crippen LogP contribution in [0.5, 0.6) is 11.5 Å². The molecular weight excluding hydrogens is 336 g/mol. The highest BCUT2D eigenvalue weighted by molar-refractivity contribution is 7.17. The van der Waals surface area contributed by atoms with Crippen molar-refractivity contribution in [3.05, 3.63) is 52.3 Å². The third kappa shape index (κ3) is 3.05. The Labute approximate surface area is 149 Å². The monoisotopic (exact) mass is 354 g/mol. The molecule has 4 rings (SSSR count). The second-order valence-corrected chi connectivity index (χ2v) is 7.20. The van der Waals surface area contributed by atoms with Gasteiger partial charge in [0.25, 0.3) is 0 Å². The minimum atomic E-state index is -0.0723. The number of hydrogen-bond donors (Lipinski definition) is 0. The first-order valence-corrected chi connectivity index (χ1v) is 9.00. The van der Waals surface area contributed by atoms with E-state index < -0.39 is 0 Å². The number of ether oxygens (including phenoxy) is 2. The number of thiazole rings is 1. The van der Waals surface area contributed by atoms with Gasteiger partial charge in [-0.25, -0.2) is 4.98 Å². The minimum Gasteiger partial charge on any atom is -0.490 e. The summed E-state index contributed by atoms with van der Waals surface area (Å²) in [5.41, 5.74) is 2.43. The second-order valence-electron chi connectivity index (χ2n) is 5.99. The van der Waals surface area contributed by atoms with Gasteiger partial charge in [-0.15, -0.1) is 11.3 Å². The summed E-state index contributed by atoms with van der Waals surface area (Å²) < 4.78 is 13.3. The van der Waals surface area contributed by atoms with E-state index in [-0.39, 0.29) is 5.78 Å². The first-order chi connectivity index (χ1) is 12.1. The summed E-state index contributed by atoms with van der Waals surface area (Å²) in [7, 11) is 0. The van der Waals surface area contributed by atoms with Crippen LogP contribution in [0.15, 0.2) is 30.5 Å². The van der Waals surface area contributed by atoms with Gasteiger partial charge in [-0.3, -0.25) is 9.20 Å². The van der Waals surface area contributed by atoms with Gasteiger partial charge in [-0.1, -0.05) is 0 Å². The molecule has 2 aromatic heterocycles. The Morgan fingerprint density at radius 3 is 2.88 bits per heavy atom. The van der Waals surface area contributed by atoms with E-state index in [0.29, 0.717) is 30.3 Å². The Hall–Kier alpha value is -2.60. The molecule has 0 amide bonds. The molecule has 0 saturated heterocycles. The van der Waals surface area contributed by atoms with E-state index in [0.717, 1.165) is 22.8 Å². The minimum absolute atomic E-state index is 0.0723. The summed E-state index contributed by atoms with van der Waals surface area (Å²) in [6.07, 6.45) is 6.29. The number of rotatable bonds is 3. The fourth-order valence-electron chi connectivity index (χ4n) is 2.85. The molecule has 0 atom stereocenters. The van der Waals surface area contributed by atoms with Crippen LogP contribution in [0, 0.1) is 13.8 Å². The number of aryl methyl sites for hydroxylation is 2. The quantitative estimate of drug-likeness (QED) is 0.525. The van der Waals surface area contributed by atoms with E-state index in [1.54, 1.807) is 35.6 Å². The average Bonchev–Trinajstić information content (AvgIpc) is 2.97. The normalized spacial score (nSPS) is 14.2. The molecule has 0 bridgehead atoms. The SMILES string of the molecule is Cc1cn2c(C=CC(=O)c3ccc4c(c3)OCCCO4)c(C)nc2s1. The van der Waals surface area contributed by atoms with Crippen LogP contribution in [-0.2, 0) is 0 Å². The lowest BCUT2D eigenvalue weighted by Crippen LogP contribution is -1.98. The lowest BCUT2D eigenvalue weighted by Gasteiger charge is -2.07. The van der Waals surface area contributed by atoms with E-state index in [1.165, 1.54) is 4.88 Å². The molecule has 6 heteroatoms. The molecule has 0 unspecified atom stereocenters. The highest BCUT2D eigenvalue weighted by Gasteiger charge is 2.14. The maximum atomic E-state index is 12.6. The summed E-state index contributed by atoms with van der Waals surface area (Å²) in [5, 5.41) is 0. The van der Waals surface area contributed by atoms with Crippen molar-refractivity contribution in [2.45, 2.75) is 20.3 Å². The molecule has 3 heterocycles. The molecular formula is C19H18N2O3S. The molecule has 5 nitrogen and oxygen atoms in total. The van der Waals surface area contributed by atoms with Crippen molar-refractivity contribution in [1.82, 2.24) is 9.38 Å². The van der Waals surface area contributed by atoms with Crippen LogP contribution in [0.25, 0.3) is 11.0 Å². The number of benzene rings is 1. The molecule has 3 aromatic rings. The van der Waals surface area contributed by atoms with Crippen molar-refractivity contribution >= 4 is 28.2 Å². The number of imidazole rings is 1. The lowest BCUT2D eigenvalue weighted by atomic mass is 10.1. The van der Waals surface area contributed by atoms with E-state index in [9.17, 15) is 4.79 Å². The molecule has 0 fully saturated rings. The second kappa shape index (κ2) is 6.37. The summed E-state index contributed by atoms with van der Waals surface area (Å²) in [5.74, 6) is 1.25. The number of hydrogen-bond acceptors (Lipinski definition) is 5. The van der Waals surface area contributed by atoms with Gasteiger partial charge < -0.3 is 9.47 Å². The maximum absolute atomic E-state index is 12.6. The lowest BCUT2D eigenvalue weighted by molar-refractivity contribution is 0.104. The highest BCUT2D eigenvalue weighted by atomic mass is 32.1. The van der Waals surface area contributed by atoms with E-state index in [1.807, 2.05) is 30.5 Å². The van der Waals surface area contributed by atoms with E-state index >= 15 is 0 Å². The first kappa shape index (κ1) is 15.9. The van der Waals surface area contributed by atoms with Gasteiger partial charge in [0, 0.05) is 23.1 Å². The zero-order valence-electron chi connectivity index (χ0n) is 14.1. The van der Waals surface area contributed by atoms with Gasteiger partial charge in [0.15, 0.2) is 22.2 Å². The molecule has 0 saturated carbocycles. The molecule has 0 radical (unpaired) electrons. The number of fused-ring (bicyclic) bond motifs is 2. The van der Waals surface area contributed by atoms with Crippen LogP contribution in [0.4, 0.5) is 0 Å². The summed E-state index contributed by atoms with van der Waals surface area (Å²) in [6, 6.07) is 5.32. The van der Waals surface area contributed by atoms with Crippen LogP contribution in [0.2, 0.25) is 0 Å². The topological polar surface area (TPSA) is 52.8 Å². The number of allylic oxidation sites excluding steroid dienone is 1. The zero-order chi connectivity index (χ0) is 17.4. The van der Waals surface area contributed by atoms with Crippen molar-refractivity contribution in [3.63, 3.8) is 0 Å². The first-order valence-electron chi connectivity index (χ1n) is 8.19. The van der Waals surface area contributed by atoms with Gasteiger partial charge in [-0.2, -0.15) is 0 Å². The van der Waals surface area contributed by atoms with Crippen molar-refractivity contribution in [3.8, 4) is 11.5 Å². The third-order valence-electron chi connectivity index (χ3n) is 4.09. The fourth-order valence-corrected chi connectivity index (χ4v) is 3.73. The molecule has 1 aromatic carbocycles. The number of ketones is 1. The van der Waals surface area contributed by atoms with Crippen LogP contribution in [0.3, 0.4) is 0 Å². The summed E-state index contributed by atoms with van der Waals surface area (Å²) >= 11 is 1.64. The Balaban J connectivity index is 1.62. The zero-order valence-corrected chi connectivity index (χ0v) is 14.9. The smallest absolute Gasteiger partial charge is 0.194 e. The molecule has 128 valence electrons. The van der Waals surface area contributed by atoms with Gasteiger partial charge in [0.1, 0.15) is 0 Å². The number of nitrogens with zero attached hydrogens (tertiary/aromatic N) is 2. The van der Waals surface area contributed by atoms with Crippen molar-refractivity contribution in [2.24, 2.45) is 0 Å². The Morgan fingerprint density at radius 1 is 1.24 bits per heavy atom. The number of carbonyl (C=O) groups excluding carboxylic acids is 1. The fraction of sp³-hybridized carbons (Fsp3) is 0.263. The van der Waals surface area contributed by atoms with Gasteiger partial charge in [0.05, 0.1) is 24.6 Å². The molecule has 1 aliphatic heterocycles. The molecule has 0 spiro atoms. The average molecular weight is 354 g/mol. The van der Waals surface area contributed by atoms with Crippen molar-refractivity contribution in [2.75, 3.05) is 13.2 Å². The largest absolute Gasteiger partial charge is 0.490 e. The van der Waals surface area contributed by atoms with E-state index in [2.05, 4.69) is 4.98 Å². The molecule has 0 N–H and O–H groups in total. The van der Waals surface area contributed by atoms with Crippen molar-refractivity contribution < 1.29 is 14.3 Å². The van der Waals surface area contributed by atoms with E-state index in [4.69, 9.17) is 9.47 Å². The van der Waals surface area contributed by atoms with Gasteiger partial charge >= 0.3 is 0 Å². The predicted octanol–water partition coefficient (Wildman–Crippen LogP) is 4.07. The van der Waals surface area contributed by atoms with Crippen LogP contribution >= 0.6 is 11.3 Å². The van der Waals surface area contributed by atoms with Gasteiger partial charge in [-0.05, 0) is 44.2 Å². The standard InChI is InChI=1S/C19H18N2O3S/c1-12-11-21-15(13(2)20-19(21)25-12)5-6-16(22)14-4-7-17-18(10-14)24-9-3-8-23-17/h4-7,10-11H,3,8-9H2,1-2H3. The summed E-state index contributed by atoms with van der Waals surface area (Å²) in [6.45, 7) is 5.24. The molecule has 0 aliphatic carbocycles. The third-order valence-corrected chi connectivity index (χ3v) is 4.99. The molecule has 1 aliphatic rings. The Bertz CT molecular complexity index is 984. The summed E-state index contributed by atoms with van der Waals surface area (Å²) in [4.78, 5) is 19.2. The number of aromatic nitrogens is 2. The highest BCUT2D eigenvalue weighted by Crippen LogP contribution is 2.30. The maximum Gasteiger partial charge on any atom is 0.194 e. The van der Waals surface area contributed by atoms with Crippen LogP contribution in [0.1, 0.15) is 33.0 Å². The van der Waals surface area contributed by atoms with Gasteiger partial charge in [0.2, 0.25) is 0 Å². The molecule has 25 heavy (non-hydrogen) atoms. The predicted molar refractivity (Wildman–Crippen MR) is 98.0 cm³/mol. The number of carbonyl (C=O) groups is 1. The van der Waals surface area contributed by atoms with Crippen molar-refractivity contribution in [1.29, 1.82) is 0 Å². The Kier molecular flexibility index (Phi) is 4.05. The van der Waals surface area contributed by atoms with Crippen LogP contribution < -0.4 is 9.47 Å². The van der Waals surface area contributed by atoms with Crippen LogP contribution in [-0.4, -0.2) is 28.4 Å². The Morgan fingerprint density at radius 2 is 2.04 bits per heavy atom.